The average Bonchev–Trinajstić information content (AvgIpc) is 2.37. The molecule has 0 spiro atoms. The van der Waals surface area contributed by atoms with Gasteiger partial charge in [-0.25, -0.2) is 8.78 Å². The molecule has 1 N–H and O–H groups in total. The number of benzene rings is 2. The molecule has 20 heavy (non-hydrogen) atoms. The van der Waals surface area contributed by atoms with Gasteiger partial charge in [-0.1, -0.05) is 35.0 Å². The van der Waals surface area contributed by atoms with Crippen molar-refractivity contribution in [2.24, 2.45) is 0 Å². The van der Waals surface area contributed by atoms with Gasteiger partial charge in [-0.05, 0) is 47.9 Å². The first-order valence-corrected chi connectivity index (χ1v) is 7.15. The molecule has 0 heterocycles. The predicted octanol–water partition coefficient (Wildman–Crippen LogP) is 4.57. The maximum absolute atomic E-state index is 13.4. The Morgan fingerprint density at radius 1 is 1.10 bits per heavy atom. The van der Waals surface area contributed by atoms with Crippen LogP contribution in [0.3, 0.4) is 0 Å². The van der Waals surface area contributed by atoms with E-state index >= 15 is 0 Å². The van der Waals surface area contributed by atoms with Crippen molar-refractivity contribution in [3.8, 4) is 0 Å². The van der Waals surface area contributed by atoms with Gasteiger partial charge in [0.2, 0.25) is 0 Å². The van der Waals surface area contributed by atoms with Crippen molar-refractivity contribution in [3.63, 3.8) is 0 Å². The number of aliphatic hydroxyl groups is 1. The Balaban J connectivity index is 2.36. The van der Waals surface area contributed by atoms with Gasteiger partial charge >= 0.3 is 0 Å². The molecule has 0 aliphatic rings. The zero-order valence-electron chi connectivity index (χ0n) is 11.0. The molecule has 0 aromatic heterocycles. The van der Waals surface area contributed by atoms with Gasteiger partial charge < -0.3 is 5.11 Å². The Hall–Kier alpha value is -1.26. The number of halogens is 3. The SMILES string of the molecule is CCC(O)(Cc1cc(F)cc(Br)c1)c1cccc(F)c1. The zero-order chi connectivity index (χ0) is 14.8. The molecule has 0 saturated carbocycles. The summed E-state index contributed by atoms with van der Waals surface area (Å²) in [6.07, 6.45) is 0.633. The summed E-state index contributed by atoms with van der Waals surface area (Å²) in [5.74, 6) is -0.762. The van der Waals surface area contributed by atoms with Gasteiger partial charge in [-0.2, -0.15) is 0 Å². The second kappa shape index (κ2) is 6.02. The van der Waals surface area contributed by atoms with Crippen molar-refractivity contribution in [2.75, 3.05) is 0 Å². The number of hydrogen-bond acceptors (Lipinski definition) is 1. The first-order chi connectivity index (χ1) is 9.43. The van der Waals surface area contributed by atoms with Crippen LogP contribution < -0.4 is 0 Å². The van der Waals surface area contributed by atoms with Gasteiger partial charge in [-0.3, -0.25) is 0 Å². The Kier molecular flexibility index (Phi) is 4.55. The molecule has 1 unspecified atom stereocenters. The highest BCUT2D eigenvalue weighted by molar-refractivity contribution is 9.10. The summed E-state index contributed by atoms with van der Waals surface area (Å²) in [6.45, 7) is 1.82. The topological polar surface area (TPSA) is 20.2 Å². The van der Waals surface area contributed by atoms with E-state index < -0.39 is 11.4 Å². The van der Waals surface area contributed by atoms with Crippen LogP contribution in [0.15, 0.2) is 46.9 Å². The fourth-order valence-electron chi connectivity index (χ4n) is 2.26. The molecule has 0 aliphatic carbocycles. The summed E-state index contributed by atoms with van der Waals surface area (Å²) in [5, 5.41) is 10.7. The van der Waals surface area contributed by atoms with E-state index in [1.165, 1.54) is 24.3 Å². The third-order valence-corrected chi connectivity index (χ3v) is 3.82. The minimum atomic E-state index is -1.21. The van der Waals surface area contributed by atoms with Gasteiger partial charge in [0, 0.05) is 10.9 Å². The van der Waals surface area contributed by atoms with Crippen molar-refractivity contribution in [1.82, 2.24) is 0 Å². The first-order valence-electron chi connectivity index (χ1n) is 6.36. The molecule has 106 valence electrons. The lowest BCUT2D eigenvalue weighted by atomic mass is 9.85. The van der Waals surface area contributed by atoms with Crippen LogP contribution in [0.2, 0.25) is 0 Å². The lowest BCUT2D eigenvalue weighted by Crippen LogP contribution is -2.27. The lowest BCUT2D eigenvalue weighted by molar-refractivity contribution is 0.0323. The summed E-state index contributed by atoms with van der Waals surface area (Å²) >= 11 is 3.23. The quantitative estimate of drug-likeness (QED) is 0.864. The van der Waals surface area contributed by atoms with Crippen LogP contribution in [0.25, 0.3) is 0 Å². The average molecular weight is 341 g/mol. The largest absolute Gasteiger partial charge is 0.385 e. The molecule has 0 radical (unpaired) electrons. The van der Waals surface area contributed by atoms with E-state index in [1.807, 2.05) is 6.92 Å². The maximum Gasteiger partial charge on any atom is 0.124 e. The Bertz CT molecular complexity index is 595. The normalized spacial score (nSPS) is 14.1. The molecule has 1 atom stereocenters. The Morgan fingerprint density at radius 3 is 2.45 bits per heavy atom. The van der Waals surface area contributed by atoms with Crippen molar-refractivity contribution >= 4 is 15.9 Å². The van der Waals surface area contributed by atoms with E-state index in [9.17, 15) is 13.9 Å². The number of hydrogen-bond donors (Lipinski definition) is 1. The van der Waals surface area contributed by atoms with Crippen molar-refractivity contribution in [3.05, 3.63) is 69.7 Å². The maximum atomic E-state index is 13.4. The van der Waals surface area contributed by atoms with E-state index in [2.05, 4.69) is 15.9 Å². The second-order valence-electron chi connectivity index (χ2n) is 4.85. The van der Waals surface area contributed by atoms with Gasteiger partial charge in [0.15, 0.2) is 0 Å². The molecule has 0 amide bonds. The minimum Gasteiger partial charge on any atom is -0.385 e. The molecule has 1 nitrogen and oxygen atoms in total. The Morgan fingerprint density at radius 2 is 1.85 bits per heavy atom. The summed E-state index contributed by atoms with van der Waals surface area (Å²) < 4.78 is 27.3. The first kappa shape index (κ1) is 15.1. The van der Waals surface area contributed by atoms with Crippen LogP contribution in [0.4, 0.5) is 8.78 Å². The standard InChI is InChI=1S/C16H15BrF2O/c1-2-16(20,12-4-3-5-14(18)8-12)10-11-6-13(17)9-15(19)7-11/h3-9,20H,2,10H2,1H3. The van der Waals surface area contributed by atoms with Crippen molar-refractivity contribution < 1.29 is 13.9 Å². The van der Waals surface area contributed by atoms with Gasteiger partial charge in [0.1, 0.15) is 11.6 Å². The predicted molar refractivity (Wildman–Crippen MR) is 78.4 cm³/mol. The molecule has 0 aliphatic heterocycles. The molecule has 0 saturated heterocycles. The zero-order valence-corrected chi connectivity index (χ0v) is 12.6. The van der Waals surface area contributed by atoms with E-state index in [-0.39, 0.29) is 12.2 Å². The fraction of sp³-hybridized carbons (Fsp3) is 0.250. The summed E-state index contributed by atoms with van der Waals surface area (Å²) in [6, 6.07) is 10.4. The third-order valence-electron chi connectivity index (χ3n) is 3.37. The molecule has 2 rings (SSSR count). The molecule has 2 aromatic carbocycles. The summed E-state index contributed by atoms with van der Waals surface area (Å²) in [4.78, 5) is 0. The molecule has 4 heteroatoms. The van der Waals surface area contributed by atoms with E-state index in [0.717, 1.165) is 0 Å². The van der Waals surface area contributed by atoms with Crippen LogP contribution in [0.1, 0.15) is 24.5 Å². The van der Waals surface area contributed by atoms with E-state index in [0.29, 0.717) is 22.0 Å². The van der Waals surface area contributed by atoms with Crippen LogP contribution >= 0.6 is 15.9 Å². The van der Waals surface area contributed by atoms with Gasteiger partial charge in [0.05, 0.1) is 5.60 Å². The molecule has 2 aromatic rings. The second-order valence-corrected chi connectivity index (χ2v) is 5.77. The smallest absolute Gasteiger partial charge is 0.124 e. The third kappa shape index (κ3) is 3.44. The van der Waals surface area contributed by atoms with Gasteiger partial charge in [-0.15, -0.1) is 0 Å². The lowest BCUT2D eigenvalue weighted by Gasteiger charge is -2.27. The number of rotatable bonds is 4. The highest BCUT2D eigenvalue weighted by Gasteiger charge is 2.28. The van der Waals surface area contributed by atoms with Crippen LogP contribution in [0.5, 0.6) is 0 Å². The van der Waals surface area contributed by atoms with E-state index in [4.69, 9.17) is 0 Å². The van der Waals surface area contributed by atoms with Gasteiger partial charge in [0.25, 0.3) is 0 Å². The van der Waals surface area contributed by atoms with Crippen LogP contribution in [-0.2, 0) is 12.0 Å². The van der Waals surface area contributed by atoms with E-state index in [1.54, 1.807) is 18.2 Å². The van der Waals surface area contributed by atoms with Crippen LogP contribution in [-0.4, -0.2) is 5.11 Å². The summed E-state index contributed by atoms with van der Waals surface area (Å²) in [5.41, 5.74) is -0.0548. The van der Waals surface area contributed by atoms with Crippen molar-refractivity contribution in [2.45, 2.75) is 25.4 Å². The highest BCUT2D eigenvalue weighted by atomic mass is 79.9. The highest BCUT2D eigenvalue weighted by Crippen LogP contribution is 2.30. The molecule has 0 fully saturated rings. The molecular weight excluding hydrogens is 326 g/mol. The van der Waals surface area contributed by atoms with Crippen LogP contribution in [0, 0.1) is 11.6 Å². The molecule has 0 bridgehead atoms. The molecular formula is C16H15BrF2O. The summed E-state index contributed by atoms with van der Waals surface area (Å²) in [7, 11) is 0. The minimum absolute atomic E-state index is 0.226. The Labute approximate surface area is 125 Å². The van der Waals surface area contributed by atoms with Crippen molar-refractivity contribution in [1.29, 1.82) is 0 Å². The monoisotopic (exact) mass is 340 g/mol. The fourth-order valence-corrected chi connectivity index (χ4v) is 2.77.